The van der Waals surface area contributed by atoms with Crippen molar-refractivity contribution in [2.24, 2.45) is 0 Å². The van der Waals surface area contributed by atoms with Gasteiger partial charge in [-0.25, -0.2) is 9.59 Å². The molecule has 22 heavy (non-hydrogen) atoms. The van der Waals surface area contributed by atoms with Gasteiger partial charge in [-0.05, 0) is 30.3 Å². The van der Waals surface area contributed by atoms with Gasteiger partial charge >= 0.3 is 11.9 Å². The highest BCUT2D eigenvalue weighted by Gasteiger charge is 2.13. The van der Waals surface area contributed by atoms with Gasteiger partial charge in [-0.2, -0.15) is 0 Å². The number of aromatic carboxylic acids is 2. The van der Waals surface area contributed by atoms with Crippen LogP contribution < -0.4 is 0 Å². The van der Waals surface area contributed by atoms with Gasteiger partial charge in [0.2, 0.25) is 0 Å². The van der Waals surface area contributed by atoms with Crippen molar-refractivity contribution in [3.05, 3.63) is 47.5 Å². The zero-order chi connectivity index (χ0) is 16.9. The quantitative estimate of drug-likeness (QED) is 0.457. The minimum absolute atomic E-state index is 0.0553. The molecule has 2 aromatic carbocycles. The number of benzene rings is 2. The second-order valence-electron chi connectivity index (χ2n) is 3.99. The molecule has 116 valence electrons. The number of aromatic hydroxyl groups is 4. The molecule has 0 unspecified atom stereocenters. The van der Waals surface area contributed by atoms with E-state index in [1.807, 2.05) is 0 Å². The molecule has 6 N–H and O–H groups in total. The lowest BCUT2D eigenvalue weighted by atomic mass is 10.2. The third-order valence-corrected chi connectivity index (χ3v) is 2.46. The number of phenols is 4. The number of carboxylic acid groups (broad SMARTS) is 2. The molecule has 0 saturated carbocycles. The summed E-state index contributed by atoms with van der Waals surface area (Å²) in [5, 5.41) is 52.3. The molecule has 0 radical (unpaired) electrons. The molecule has 8 nitrogen and oxygen atoms in total. The van der Waals surface area contributed by atoms with E-state index in [0.717, 1.165) is 12.1 Å². The van der Waals surface area contributed by atoms with Crippen LogP contribution in [-0.2, 0) is 0 Å². The monoisotopic (exact) mass is 308 g/mol. The summed E-state index contributed by atoms with van der Waals surface area (Å²) in [4.78, 5) is 20.6. The second kappa shape index (κ2) is 6.84. The largest absolute Gasteiger partial charge is 0.507 e. The fourth-order valence-corrected chi connectivity index (χ4v) is 1.40. The normalized spacial score (nSPS) is 9.45. The maximum absolute atomic E-state index is 10.3. The summed E-state index contributed by atoms with van der Waals surface area (Å²) in [6.07, 6.45) is 0. The first-order valence-corrected chi connectivity index (χ1v) is 5.73. The minimum atomic E-state index is -1.35. The molecule has 0 spiro atoms. The van der Waals surface area contributed by atoms with E-state index in [4.69, 9.17) is 30.6 Å². The van der Waals surface area contributed by atoms with E-state index in [-0.39, 0.29) is 11.3 Å². The minimum Gasteiger partial charge on any atom is -0.507 e. The number of rotatable bonds is 2. The molecule has 0 fully saturated rings. The zero-order valence-electron chi connectivity index (χ0n) is 11.0. The fraction of sp³-hybridized carbons (Fsp3) is 0. The summed E-state index contributed by atoms with van der Waals surface area (Å²) < 4.78 is 0. The summed E-state index contributed by atoms with van der Waals surface area (Å²) in [5.74, 6) is -4.10. The Hall–Kier alpha value is -3.42. The first-order chi connectivity index (χ1) is 10.2. The van der Waals surface area contributed by atoms with Gasteiger partial charge in [0.25, 0.3) is 0 Å². The van der Waals surface area contributed by atoms with Crippen molar-refractivity contribution in [1.29, 1.82) is 0 Å². The lowest BCUT2D eigenvalue weighted by molar-refractivity contribution is 0.0681. The van der Waals surface area contributed by atoms with E-state index in [1.54, 1.807) is 0 Å². The van der Waals surface area contributed by atoms with E-state index >= 15 is 0 Å². The first kappa shape index (κ1) is 16.6. The summed E-state index contributed by atoms with van der Waals surface area (Å²) in [5.41, 5.74) is -0.521. The Labute approximate surface area is 123 Å². The highest BCUT2D eigenvalue weighted by molar-refractivity contribution is 5.93. The highest BCUT2D eigenvalue weighted by Crippen LogP contribution is 2.25. The van der Waals surface area contributed by atoms with Gasteiger partial charge in [-0.15, -0.1) is 0 Å². The van der Waals surface area contributed by atoms with E-state index in [0.29, 0.717) is 0 Å². The molecule has 0 heterocycles. The van der Waals surface area contributed by atoms with Crippen LogP contribution in [0.1, 0.15) is 20.7 Å². The molecule has 2 rings (SSSR count). The third kappa shape index (κ3) is 4.04. The number of carboxylic acids is 2. The average molecular weight is 308 g/mol. The van der Waals surface area contributed by atoms with Crippen LogP contribution in [0.25, 0.3) is 0 Å². The molecule has 0 saturated heterocycles. The van der Waals surface area contributed by atoms with Crippen LogP contribution in [0.3, 0.4) is 0 Å². The number of phenolic OH excluding ortho intramolecular Hbond substituents is 2. The van der Waals surface area contributed by atoms with Crippen molar-refractivity contribution in [3.8, 4) is 23.0 Å². The second-order valence-corrected chi connectivity index (χ2v) is 3.99. The van der Waals surface area contributed by atoms with Crippen LogP contribution in [0, 0.1) is 0 Å². The Morgan fingerprint density at radius 2 is 1.23 bits per heavy atom. The van der Waals surface area contributed by atoms with Gasteiger partial charge in [0.05, 0.1) is 5.56 Å². The lowest BCUT2D eigenvalue weighted by Gasteiger charge is -1.99. The summed E-state index contributed by atoms with van der Waals surface area (Å²) in [6.45, 7) is 0. The van der Waals surface area contributed by atoms with Crippen LogP contribution in [0.2, 0.25) is 0 Å². The van der Waals surface area contributed by atoms with Gasteiger partial charge in [0.1, 0.15) is 17.1 Å². The fourth-order valence-electron chi connectivity index (χ4n) is 1.40. The third-order valence-electron chi connectivity index (χ3n) is 2.46. The first-order valence-electron chi connectivity index (χ1n) is 5.73. The Balaban J connectivity index is 0.000000220. The molecular formula is C14H12O8. The number of hydrogen-bond donors (Lipinski definition) is 6. The molecule has 0 aliphatic heterocycles. The molecular weight excluding hydrogens is 296 g/mol. The average Bonchev–Trinajstić information content (AvgIpc) is 2.41. The maximum Gasteiger partial charge on any atom is 0.343 e. The number of hydrogen-bond acceptors (Lipinski definition) is 6. The van der Waals surface area contributed by atoms with Crippen LogP contribution >= 0.6 is 0 Å². The van der Waals surface area contributed by atoms with Gasteiger partial charge < -0.3 is 30.6 Å². The van der Waals surface area contributed by atoms with Gasteiger partial charge in [0.15, 0.2) is 11.5 Å². The molecule has 0 aliphatic rings. The topological polar surface area (TPSA) is 156 Å². The number of carbonyl (C=O) groups is 2. The predicted molar refractivity (Wildman–Crippen MR) is 73.5 cm³/mol. The lowest BCUT2D eigenvalue weighted by Crippen LogP contribution is -1.96. The van der Waals surface area contributed by atoms with Crippen molar-refractivity contribution in [2.75, 3.05) is 0 Å². The Kier molecular flexibility index (Phi) is 5.17. The molecule has 0 amide bonds. The standard InChI is InChI=1S/2C7H6O4/c8-5-2-1-4(7(10)11)3-6(5)9;8-4-2-1-3-5(9)6(4)7(10)11/h2*1-3,8-9H,(H,10,11). The van der Waals surface area contributed by atoms with E-state index in [9.17, 15) is 9.59 Å². The Morgan fingerprint density at radius 1 is 0.682 bits per heavy atom. The van der Waals surface area contributed by atoms with Crippen LogP contribution in [-0.4, -0.2) is 42.6 Å². The van der Waals surface area contributed by atoms with Crippen molar-refractivity contribution < 1.29 is 40.2 Å². The molecule has 8 heteroatoms. The predicted octanol–water partition coefficient (Wildman–Crippen LogP) is 1.59. The van der Waals surface area contributed by atoms with Crippen LogP contribution in [0.4, 0.5) is 0 Å². The van der Waals surface area contributed by atoms with Crippen molar-refractivity contribution in [2.45, 2.75) is 0 Å². The van der Waals surface area contributed by atoms with E-state index < -0.39 is 34.8 Å². The molecule has 2 aromatic rings. The van der Waals surface area contributed by atoms with Gasteiger partial charge in [-0.1, -0.05) is 6.07 Å². The summed E-state index contributed by atoms with van der Waals surface area (Å²) in [7, 11) is 0. The Morgan fingerprint density at radius 3 is 1.59 bits per heavy atom. The van der Waals surface area contributed by atoms with E-state index in [2.05, 4.69) is 0 Å². The van der Waals surface area contributed by atoms with Crippen molar-refractivity contribution in [1.82, 2.24) is 0 Å². The smallest absolute Gasteiger partial charge is 0.343 e. The summed E-state index contributed by atoms with van der Waals surface area (Å²) in [6, 6.07) is 7.07. The van der Waals surface area contributed by atoms with E-state index in [1.165, 1.54) is 24.3 Å². The van der Waals surface area contributed by atoms with Gasteiger partial charge in [-0.3, -0.25) is 0 Å². The maximum atomic E-state index is 10.3. The SMILES string of the molecule is O=C(O)c1c(O)cccc1O.O=C(O)c1ccc(O)c(O)c1. The summed E-state index contributed by atoms with van der Waals surface area (Å²) >= 11 is 0. The zero-order valence-corrected chi connectivity index (χ0v) is 11.0. The molecule has 0 aliphatic carbocycles. The molecule has 0 atom stereocenters. The molecule has 0 aromatic heterocycles. The Bertz CT molecular complexity index is 688. The van der Waals surface area contributed by atoms with Crippen molar-refractivity contribution in [3.63, 3.8) is 0 Å². The highest BCUT2D eigenvalue weighted by atomic mass is 16.4. The molecule has 0 bridgehead atoms. The van der Waals surface area contributed by atoms with Gasteiger partial charge in [0, 0.05) is 0 Å². The van der Waals surface area contributed by atoms with Crippen LogP contribution in [0.15, 0.2) is 36.4 Å². The van der Waals surface area contributed by atoms with Crippen LogP contribution in [0.5, 0.6) is 23.0 Å². The van der Waals surface area contributed by atoms with Crippen molar-refractivity contribution >= 4 is 11.9 Å².